The fourth-order valence-corrected chi connectivity index (χ4v) is 0.618. The van der Waals surface area contributed by atoms with Crippen molar-refractivity contribution in [3.63, 3.8) is 0 Å². The monoisotopic (exact) mass is 258 g/mol. The summed E-state index contributed by atoms with van der Waals surface area (Å²) in [6.45, 7) is 3.31. The Labute approximate surface area is 103 Å². The number of rotatable bonds is 10. The van der Waals surface area contributed by atoms with E-state index in [4.69, 9.17) is 19.7 Å². The summed E-state index contributed by atoms with van der Waals surface area (Å²) in [4.78, 5) is 0. The molecule has 0 fully saturated rings. The van der Waals surface area contributed by atoms with E-state index in [1.807, 2.05) is 0 Å². The van der Waals surface area contributed by atoms with Gasteiger partial charge in [-0.1, -0.05) is 0 Å². The number of aliphatic hydroxyl groups excluding tert-OH is 2. The summed E-state index contributed by atoms with van der Waals surface area (Å²) < 4.78 is 19.1. The van der Waals surface area contributed by atoms with Gasteiger partial charge in [-0.05, 0) is 0 Å². The third kappa shape index (κ3) is 31.3. The van der Waals surface area contributed by atoms with Crippen LogP contribution in [0.25, 0.3) is 0 Å². The Kier molecular flexibility index (Phi) is 32.0. The van der Waals surface area contributed by atoms with E-state index in [0.717, 1.165) is 0 Å². The molecule has 0 radical (unpaired) electrons. The van der Waals surface area contributed by atoms with Crippen molar-refractivity contribution in [2.75, 3.05) is 67.1 Å². The van der Waals surface area contributed by atoms with Crippen LogP contribution in [0, 0.1) is 0 Å². The lowest BCUT2D eigenvalue weighted by Gasteiger charge is -1.98. The van der Waals surface area contributed by atoms with Gasteiger partial charge in [0.2, 0.25) is 0 Å². The van der Waals surface area contributed by atoms with Crippen molar-refractivity contribution >= 4 is 0 Å². The number of hydrogen-bond donors (Lipinski definition) is 2. The molecule has 0 heterocycles. The molecule has 7 nitrogen and oxygen atoms in total. The van der Waals surface area contributed by atoms with E-state index in [-0.39, 0.29) is 18.7 Å². The van der Waals surface area contributed by atoms with Gasteiger partial charge in [-0.3, -0.25) is 0 Å². The van der Waals surface area contributed by atoms with Crippen LogP contribution in [0.1, 0.15) is 0 Å². The fraction of sp³-hybridized carbons (Fsp3) is 1.00. The molecule has 0 aliphatic heterocycles. The maximum atomic E-state index is 8.20. The van der Waals surface area contributed by atoms with Crippen LogP contribution in [0.15, 0.2) is 0 Å². The minimum absolute atomic E-state index is 0. The van der Waals surface area contributed by atoms with Gasteiger partial charge in [0, 0.05) is 14.2 Å². The average molecular weight is 258 g/mol. The van der Waals surface area contributed by atoms with Crippen LogP contribution in [0.5, 0.6) is 0 Å². The van der Waals surface area contributed by atoms with Crippen LogP contribution in [0.4, 0.5) is 0 Å². The summed E-state index contributed by atoms with van der Waals surface area (Å²) in [5, 5.41) is 16.4. The van der Waals surface area contributed by atoms with Crippen molar-refractivity contribution in [1.82, 2.24) is 0 Å². The van der Waals surface area contributed by atoms with Crippen molar-refractivity contribution < 1.29 is 34.6 Å². The number of aliphatic hydroxyl groups is 2. The van der Waals surface area contributed by atoms with Crippen LogP contribution in [0.3, 0.4) is 0 Å². The summed E-state index contributed by atoms with van der Waals surface area (Å²) in [6.07, 6.45) is 0. The maximum Gasteiger partial charge on any atom is 0.0701 e. The molecule has 17 heavy (non-hydrogen) atoms. The second-order valence-corrected chi connectivity index (χ2v) is 2.66. The lowest BCUT2D eigenvalue weighted by atomic mass is 10.7. The first-order valence-corrected chi connectivity index (χ1v) is 5.18. The lowest BCUT2D eigenvalue weighted by Crippen LogP contribution is -2.05. The molecule has 0 amide bonds. The molecule has 0 rings (SSSR count). The molecular weight excluding hydrogens is 232 g/mol. The van der Waals surface area contributed by atoms with E-state index in [0.29, 0.717) is 39.6 Å². The summed E-state index contributed by atoms with van der Waals surface area (Å²) in [5.41, 5.74) is 0. The first-order valence-electron chi connectivity index (χ1n) is 5.18. The van der Waals surface area contributed by atoms with Crippen molar-refractivity contribution in [1.29, 1.82) is 0 Å². The van der Waals surface area contributed by atoms with Crippen LogP contribution in [-0.2, 0) is 18.9 Å². The molecule has 0 atom stereocenters. The van der Waals surface area contributed by atoms with Gasteiger partial charge in [-0.2, -0.15) is 0 Å². The van der Waals surface area contributed by atoms with Gasteiger partial charge in [0.1, 0.15) is 0 Å². The SMILES string of the molecule is COCCOCCO.COCCOCCO.O. The Hall–Kier alpha value is -0.280. The molecule has 0 bridgehead atoms. The first-order chi connectivity index (χ1) is 7.83. The zero-order valence-electron chi connectivity index (χ0n) is 10.7. The molecule has 4 N–H and O–H groups in total. The molecule has 0 aromatic carbocycles. The number of methoxy groups -OCH3 is 2. The van der Waals surface area contributed by atoms with E-state index in [9.17, 15) is 0 Å². The van der Waals surface area contributed by atoms with Gasteiger partial charge in [0.25, 0.3) is 0 Å². The van der Waals surface area contributed by atoms with Crippen molar-refractivity contribution in [2.24, 2.45) is 0 Å². The first kappa shape index (κ1) is 21.9. The summed E-state index contributed by atoms with van der Waals surface area (Å²) in [5.74, 6) is 0. The van der Waals surface area contributed by atoms with Crippen molar-refractivity contribution in [2.45, 2.75) is 0 Å². The average Bonchev–Trinajstić information content (AvgIpc) is 2.31. The minimum Gasteiger partial charge on any atom is -0.412 e. The van der Waals surface area contributed by atoms with E-state index >= 15 is 0 Å². The Balaban J connectivity index is -0.000000218. The standard InChI is InChI=1S/2C5H12O3.H2O/c2*1-7-4-5-8-3-2-6;/h2*6H,2-5H2,1H3;1H2. The second kappa shape index (κ2) is 24.8. The zero-order valence-corrected chi connectivity index (χ0v) is 10.7. The van der Waals surface area contributed by atoms with E-state index in [1.165, 1.54) is 0 Å². The summed E-state index contributed by atoms with van der Waals surface area (Å²) >= 11 is 0. The molecule has 0 saturated heterocycles. The van der Waals surface area contributed by atoms with Crippen LogP contribution >= 0.6 is 0 Å². The minimum atomic E-state index is 0. The molecule has 0 aromatic rings. The highest BCUT2D eigenvalue weighted by Crippen LogP contribution is 1.73. The normalized spacial score (nSPS) is 9.18. The maximum absolute atomic E-state index is 8.20. The zero-order chi connectivity index (χ0) is 12.5. The predicted molar refractivity (Wildman–Crippen MR) is 63.2 cm³/mol. The highest BCUT2D eigenvalue weighted by Gasteiger charge is 1.83. The van der Waals surface area contributed by atoms with Crippen LogP contribution in [0.2, 0.25) is 0 Å². The fourth-order valence-electron chi connectivity index (χ4n) is 0.618. The number of hydrogen-bond acceptors (Lipinski definition) is 6. The Morgan fingerprint density at radius 2 is 1.00 bits per heavy atom. The largest absolute Gasteiger partial charge is 0.412 e. The molecule has 0 saturated carbocycles. The van der Waals surface area contributed by atoms with E-state index < -0.39 is 0 Å². The third-order valence-electron chi connectivity index (χ3n) is 1.33. The highest BCUT2D eigenvalue weighted by molar-refractivity contribution is 4.26. The van der Waals surface area contributed by atoms with Crippen molar-refractivity contribution in [3.8, 4) is 0 Å². The van der Waals surface area contributed by atoms with E-state index in [2.05, 4.69) is 9.47 Å². The van der Waals surface area contributed by atoms with Crippen LogP contribution in [-0.4, -0.2) is 82.8 Å². The molecule has 0 unspecified atom stereocenters. The molecular formula is C10H26O7. The van der Waals surface area contributed by atoms with Gasteiger partial charge >= 0.3 is 0 Å². The Morgan fingerprint density at radius 1 is 0.647 bits per heavy atom. The molecule has 0 aromatic heterocycles. The van der Waals surface area contributed by atoms with Gasteiger partial charge in [0.15, 0.2) is 0 Å². The lowest BCUT2D eigenvalue weighted by molar-refractivity contribution is 0.0500. The quantitative estimate of drug-likeness (QED) is 0.460. The van der Waals surface area contributed by atoms with E-state index in [1.54, 1.807) is 14.2 Å². The third-order valence-corrected chi connectivity index (χ3v) is 1.33. The molecule has 0 spiro atoms. The Bertz CT molecular complexity index is 78.7. The molecule has 7 heteroatoms. The van der Waals surface area contributed by atoms with Crippen LogP contribution < -0.4 is 0 Å². The number of ether oxygens (including phenoxy) is 4. The molecule has 0 aliphatic rings. The summed E-state index contributed by atoms with van der Waals surface area (Å²) in [7, 11) is 3.23. The molecule has 108 valence electrons. The van der Waals surface area contributed by atoms with Gasteiger partial charge in [-0.25, -0.2) is 0 Å². The second-order valence-electron chi connectivity index (χ2n) is 2.66. The Morgan fingerprint density at radius 3 is 1.24 bits per heavy atom. The van der Waals surface area contributed by atoms with Gasteiger partial charge in [0.05, 0.1) is 52.9 Å². The highest BCUT2D eigenvalue weighted by atomic mass is 16.5. The van der Waals surface area contributed by atoms with Crippen molar-refractivity contribution in [3.05, 3.63) is 0 Å². The van der Waals surface area contributed by atoms with Gasteiger partial charge < -0.3 is 34.6 Å². The van der Waals surface area contributed by atoms with Gasteiger partial charge in [-0.15, -0.1) is 0 Å². The topological polar surface area (TPSA) is 109 Å². The summed E-state index contributed by atoms with van der Waals surface area (Å²) in [6, 6.07) is 0. The molecule has 0 aliphatic carbocycles. The predicted octanol–water partition coefficient (Wildman–Crippen LogP) is -1.54. The smallest absolute Gasteiger partial charge is 0.0701 e.